The Morgan fingerprint density at radius 1 is 0.800 bits per heavy atom. The molecule has 0 N–H and O–H groups in total. The maximum Gasteiger partial charge on any atom is 0.697 e. The van der Waals surface area contributed by atoms with Crippen LogP contribution in [0.15, 0.2) is 60.7 Å². The van der Waals surface area contributed by atoms with E-state index in [1.807, 2.05) is 60.7 Å². The van der Waals surface area contributed by atoms with Gasteiger partial charge in [-0.05, 0) is 11.1 Å². The largest absolute Gasteiger partial charge is 0.697 e. The molecule has 0 radical (unpaired) electrons. The number of halogens is 1. The molecule has 0 aliphatic rings. The van der Waals surface area contributed by atoms with Gasteiger partial charge >= 0.3 is 8.25 Å². The second-order valence-corrected chi connectivity index (χ2v) is 5.02. The van der Waals surface area contributed by atoms with Crippen LogP contribution in [0.1, 0.15) is 11.1 Å². The maximum absolute atomic E-state index is 11.5. The zero-order valence-electron chi connectivity index (χ0n) is 11.0. The lowest BCUT2D eigenvalue weighted by atomic mass is 10.2. The minimum atomic E-state index is -2.05. The van der Waals surface area contributed by atoms with Gasteiger partial charge in [0.25, 0.3) is 0 Å². The number of hydrogen-bond acceptors (Lipinski definition) is 3. The quantitative estimate of drug-likeness (QED) is 0.704. The molecule has 0 fully saturated rings. The molecule has 1 unspecified atom stereocenters. The third-order valence-corrected chi connectivity index (χ3v) is 3.34. The van der Waals surface area contributed by atoms with E-state index in [1.165, 1.54) is 0 Å². The summed E-state index contributed by atoms with van der Waals surface area (Å²) in [7, 11) is -2.05. The lowest BCUT2D eigenvalue weighted by Crippen LogP contribution is -1.94. The van der Waals surface area contributed by atoms with Crippen molar-refractivity contribution in [3.05, 3.63) is 71.8 Å². The number of rotatable bonds is 7. The monoisotopic (exact) mass is 311 g/mol. The van der Waals surface area contributed by atoms with E-state index in [-0.39, 0.29) is 12.4 Å². The van der Waals surface area contributed by atoms with E-state index in [9.17, 15) is 4.57 Å². The Labute approximate surface area is 126 Å². The molecule has 3 nitrogen and oxygen atoms in total. The average molecular weight is 312 g/mol. The summed E-state index contributed by atoms with van der Waals surface area (Å²) in [5.41, 5.74) is 2.14. The van der Waals surface area contributed by atoms with Crippen LogP contribution >= 0.6 is 20.7 Å². The molecule has 0 spiro atoms. The summed E-state index contributed by atoms with van der Waals surface area (Å²) in [5.74, 6) is 0. The Hall–Kier alpha value is -1.25. The fourth-order valence-corrected chi connectivity index (χ4v) is 2.19. The third-order valence-electron chi connectivity index (χ3n) is 2.61. The second-order valence-electron chi connectivity index (χ2n) is 4.05. The van der Waals surface area contributed by atoms with Crippen molar-refractivity contribution in [2.24, 2.45) is 0 Å². The van der Waals surface area contributed by atoms with Crippen LogP contribution in [0.4, 0.5) is 0 Å². The third kappa shape index (κ3) is 6.27. The predicted octanol–water partition coefficient (Wildman–Crippen LogP) is 4.54. The van der Waals surface area contributed by atoms with Crippen molar-refractivity contribution >= 4 is 20.7 Å². The fourth-order valence-electron chi connectivity index (χ4n) is 1.62. The minimum absolute atomic E-state index is 0. The summed E-state index contributed by atoms with van der Waals surface area (Å²) in [6, 6.07) is 19.6. The summed E-state index contributed by atoms with van der Waals surface area (Å²) >= 11 is 0. The standard InChI is InChI=1S/C15H16O3P.ClH/c16-19(18-13-15-9-5-2-6-10-15)17-12-11-14-7-3-1-4-8-14;/h1-10H,11-13H2;1H/q+1;. The van der Waals surface area contributed by atoms with Gasteiger partial charge in [-0.3, -0.25) is 0 Å². The summed E-state index contributed by atoms with van der Waals surface area (Å²) in [5, 5.41) is 0. The van der Waals surface area contributed by atoms with E-state index in [0.717, 1.165) is 17.5 Å². The Bertz CT molecular complexity index is 505. The van der Waals surface area contributed by atoms with Gasteiger partial charge in [-0.2, -0.15) is 0 Å². The molecule has 0 amide bonds. The zero-order valence-corrected chi connectivity index (χ0v) is 12.7. The molecule has 1 atom stereocenters. The summed E-state index contributed by atoms with van der Waals surface area (Å²) in [6.07, 6.45) is 0.733. The van der Waals surface area contributed by atoms with E-state index >= 15 is 0 Å². The van der Waals surface area contributed by atoms with Crippen LogP contribution in [-0.4, -0.2) is 6.61 Å². The van der Waals surface area contributed by atoms with Crippen LogP contribution in [0, 0.1) is 0 Å². The van der Waals surface area contributed by atoms with Gasteiger partial charge in [0, 0.05) is 11.0 Å². The molecule has 106 valence electrons. The predicted molar refractivity (Wildman–Crippen MR) is 82.2 cm³/mol. The van der Waals surface area contributed by atoms with Gasteiger partial charge in [0.15, 0.2) is 0 Å². The molecule has 0 saturated carbocycles. The van der Waals surface area contributed by atoms with Gasteiger partial charge in [0.2, 0.25) is 0 Å². The maximum atomic E-state index is 11.5. The van der Waals surface area contributed by atoms with Crippen LogP contribution in [-0.2, 0) is 26.6 Å². The Kier molecular flexibility index (Phi) is 8.08. The molecule has 20 heavy (non-hydrogen) atoms. The number of benzene rings is 2. The Morgan fingerprint density at radius 3 is 1.95 bits per heavy atom. The smallest absolute Gasteiger partial charge is 0.147 e. The van der Waals surface area contributed by atoms with Crippen molar-refractivity contribution < 1.29 is 13.6 Å². The van der Waals surface area contributed by atoms with E-state index in [1.54, 1.807) is 0 Å². The summed E-state index contributed by atoms with van der Waals surface area (Å²) < 4.78 is 21.8. The highest BCUT2D eigenvalue weighted by atomic mass is 35.5. The van der Waals surface area contributed by atoms with Crippen molar-refractivity contribution in [2.45, 2.75) is 13.0 Å². The van der Waals surface area contributed by atoms with Crippen LogP contribution < -0.4 is 0 Å². The van der Waals surface area contributed by atoms with Crippen LogP contribution in [0.2, 0.25) is 0 Å². The van der Waals surface area contributed by atoms with E-state index in [2.05, 4.69) is 0 Å². The van der Waals surface area contributed by atoms with Gasteiger partial charge in [-0.15, -0.1) is 21.5 Å². The van der Waals surface area contributed by atoms with Crippen molar-refractivity contribution in [1.82, 2.24) is 0 Å². The first-order valence-corrected chi connectivity index (χ1v) is 7.25. The number of hydrogen-bond donors (Lipinski definition) is 0. The lowest BCUT2D eigenvalue weighted by Gasteiger charge is -1.96. The minimum Gasteiger partial charge on any atom is -0.147 e. The van der Waals surface area contributed by atoms with Gasteiger partial charge in [-0.25, -0.2) is 0 Å². The highest BCUT2D eigenvalue weighted by Gasteiger charge is 2.19. The molecule has 0 heterocycles. The highest BCUT2D eigenvalue weighted by Crippen LogP contribution is 2.25. The van der Waals surface area contributed by atoms with Crippen LogP contribution in [0.25, 0.3) is 0 Å². The van der Waals surface area contributed by atoms with Crippen LogP contribution in [0.5, 0.6) is 0 Å². The summed E-state index contributed by atoms with van der Waals surface area (Å²) in [6.45, 7) is 0.704. The molecule has 5 heteroatoms. The van der Waals surface area contributed by atoms with Gasteiger partial charge in [0.1, 0.15) is 13.2 Å². The van der Waals surface area contributed by atoms with Gasteiger partial charge in [-0.1, -0.05) is 60.7 Å². The lowest BCUT2D eigenvalue weighted by molar-refractivity contribution is 0.221. The van der Waals surface area contributed by atoms with E-state index in [0.29, 0.717) is 13.2 Å². The molecule has 2 rings (SSSR count). The summed E-state index contributed by atoms with van der Waals surface area (Å²) in [4.78, 5) is 0. The van der Waals surface area contributed by atoms with Crippen molar-refractivity contribution in [1.29, 1.82) is 0 Å². The Balaban J connectivity index is 0.00000200. The van der Waals surface area contributed by atoms with Gasteiger partial charge in [0.05, 0.1) is 0 Å². The van der Waals surface area contributed by atoms with Gasteiger partial charge < -0.3 is 0 Å². The zero-order chi connectivity index (χ0) is 13.3. The molecule has 0 aromatic heterocycles. The molecule has 0 aliphatic carbocycles. The highest BCUT2D eigenvalue weighted by molar-refractivity contribution is 7.33. The first-order valence-electron chi connectivity index (χ1n) is 6.15. The molecular formula is C15H17ClO3P+. The Morgan fingerprint density at radius 2 is 1.35 bits per heavy atom. The first kappa shape index (κ1) is 16.8. The van der Waals surface area contributed by atoms with E-state index < -0.39 is 8.25 Å². The SMILES string of the molecule is Cl.O=[P+](OCCc1ccccc1)OCc1ccccc1. The topological polar surface area (TPSA) is 35.5 Å². The first-order chi connectivity index (χ1) is 9.34. The fraction of sp³-hybridized carbons (Fsp3) is 0.200. The van der Waals surface area contributed by atoms with Crippen molar-refractivity contribution in [2.75, 3.05) is 6.61 Å². The van der Waals surface area contributed by atoms with Crippen molar-refractivity contribution in [3.63, 3.8) is 0 Å². The molecular weight excluding hydrogens is 295 g/mol. The molecule has 2 aromatic rings. The molecule has 0 aliphatic heterocycles. The van der Waals surface area contributed by atoms with Crippen molar-refractivity contribution in [3.8, 4) is 0 Å². The second kappa shape index (κ2) is 9.62. The molecule has 2 aromatic carbocycles. The normalized spacial score (nSPS) is 10.7. The van der Waals surface area contributed by atoms with Crippen LogP contribution in [0.3, 0.4) is 0 Å². The average Bonchev–Trinajstić information content (AvgIpc) is 2.47. The van der Waals surface area contributed by atoms with E-state index in [4.69, 9.17) is 9.05 Å². The molecule has 0 bridgehead atoms. The molecule has 0 saturated heterocycles.